The van der Waals surface area contributed by atoms with Gasteiger partial charge in [0.2, 0.25) is 0 Å². The van der Waals surface area contributed by atoms with E-state index in [1.54, 1.807) is 36.8 Å². The molecule has 0 atom stereocenters. The molecule has 0 aliphatic heterocycles. The predicted octanol–water partition coefficient (Wildman–Crippen LogP) is 1.44. The zero-order valence-corrected chi connectivity index (χ0v) is 10.7. The van der Waals surface area contributed by atoms with E-state index in [1.165, 1.54) is 0 Å². The summed E-state index contributed by atoms with van der Waals surface area (Å²) in [5.41, 5.74) is 8.59. The molecule has 0 saturated carbocycles. The molecule has 96 valence electrons. The molecule has 7 heteroatoms. The Labute approximate surface area is 115 Å². The van der Waals surface area contributed by atoms with E-state index in [0.717, 1.165) is 5.56 Å². The van der Waals surface area contributed by atoms with Gasteiger partial charge in [-0.15, -0.1) is 0 Å². The van der Waals surface area contributed by atoms with E-state index in [9.17, 15) is 0 Å². The minimum atomic E-state index is 0.123. The third-order valence-electron chi connectivity index (χ3n) is 2.02. The van der Waals surface area contributed by atoms with Gasteiger partial charge >= 0.3 is 6.01 Å². The summed E-state index contributed by atoms with van der Waals surface area (Å²) in [5, 5.41) is 3.97. The fourth-order valence-corrected chi connectivity index (χ4v) is 1.29. The maximum Gasteiger partial charge on any atom is 0.321 e. The number of nitrogens with one attached hydrogen (secondary N) is 1. The summed E-state index contributed by atoms with van der Waals surface area (Å²) in [7, 11) is 0. The summed E-state index contributed by atoms with van der Waals surface area (Å²) < 4.78 is 5.45. The van der Waals surface area contributed by atoms with Crippen LogP contribution in [0.1, 0.15) is 5.56 Å². The minimum Gasteiger partial charge on any atom is -0.424 e. The maximum absolute atomic E-state index is 5.45. The van der Waals surface area contributed by atoms with Gasteiger partial charge in [0.15, 0.2) is 5.11 Å². The number of nitrogens with two attached hydrogens (primary N) is 1. The first-order valence-corrected chi connectivity index (χ1v) is 5.78. The smallest absolute Gasteiger partial charge is 0.321 e. The summed E-state index contributed by atoms with van der Waals surface area (Å²) in [6.45, 7) is 0. The van der Waals surface area contributed by atoms with E-state index in [2.05, 4.69) is 32.7 Å². The molecule has 1 aromatic heterocycles. The average molecular weight is 273 g/mol. The molecule has 0 amide bonds. The lowest BCUT2D eigenvalue weighted by Gasteiger charge is -2.02. The van der Waals surface area contributed by atoms with Crippen LogP contribution >= 0.6 is 12.2 Å². The maximum atomic E-state index is 5.45. The van der Waals surface area contributed by atoms with E-state index in [1.807, 2.05) is 12.1 Å². The summed E-state index contributed by atoms with van der Waals surface area (Å²) in [4.78, 5) is 7.94. The number of benzene rings is 1. The Morgan fingerprint density at radius 1 is 1.26 bits per heavy atom. The van der Waals surface area contributed by atoms with Gasteiger partial charge in [-0.3, -0.25) is 5.43 Å². The number of thiocarbonyl (C=S) groups is 1. The van der Waals surface area contributed by atoms with Crippen LogP contribution in [0.15, 0.2) is 47.8 Å². The van der Waals surface area contributed by atoms with Crippen LogP contribution in [0.25, 0.3) is 0 Å². The molecule has 0 aliphatic carbocycles. The van der Waals surface area contributed by atoms with Crippen LogP contribution in [0, 0.1) is 0 Å². The Balaban J connectivity index is 1.98. The summed E-state index contributed by atoms with van der Waals surface area (Å²) in [5.74, 6) is 0.644. The number of ether oxygens (including phenoxy) is 1. The van der Waals surface area contributed by atoms with Crippen LogP contribution in [0.2, 0.25) is 0 Å². The molecule has 2 aromatic rings. The van der Waals surface area contributed by atoms with Crippen molar-refractivity contribution in [2.45, 2.75) is 0 Å². The molecule has 2 rings (SSSR count). The predicted molar refractivity (Wildman–Crippen MR) is 76.1 cm³/mol. The SMILES string of the molecule is NC(=S)NN=Cc1ccc(Oc2ncccn2)cc1. The van der Waals surface area contributed by atoms with Crippen LogP contribution in [0.5, 0.6) is 11.8 Å². The van der Waals surface area contributed by atoms with E-state index in [-0.39, 0.29) is 5.11 Å². The molecular formula is C12H11N5OS. The van der Waals surface area contributed by atoms with Crippen molar-refractivity contribution in [3.63, 3.8) is 0 Å². The Bertz CT molecular complexity index is 570. The molecule has 0 saturated heterocycles. The monoisotopic (exact) mass is 273 g/mol. The molecule has 0 unspecified atom stereocenters. The van der Waals surface area contributed by atoms with Crippen molar-refractivity contribution in [2.75, 3.05) is 0 Å². The Kier molecular flexibility index (Phi) is 4.35. The van der Waals surface area contributed by atoms with E-state index in [0.29, 0.717) is 11.8 Å². The highest BCUT2D eigenvalue weighted by Crippen LogP contribution is 2.16. The number of hydrogen-bond donors (Lipinski definition) is 2. The van der Waals surface area contributed by atoms with Gasteiger partial charge in [0, 0.05) is 12.4 Å². The molecule has 0 aliphatic rings. The third-order valence-corrected chi connectivity index (χ3v) is 2.11. The first-order chi connectivity index (χ1) is 9.24. The van der Waals surface area contributed by atoms with Gasteiger partial charge in [0.1, 0.15) is 5.75 Å². The molecule has 0 fully saturated rings. The number of nitrogens with zero attached hydrogens (tertiary/aromatic N) is 3. The number of rotatable bonds is 4. The van der Waals surface area contributed by atoms with Gasteiger partial charge in [-0.25, -0.2) is 9.97 Å². The summed E-state index contributed by atoms with van der Waals surface area (Å²) in [6, 6.07) is 9.28. The molecule has 3 N–H and O–H groups in total. The number of hydrogen-bond acceptors (Lipinski definition) is 5. The van der Waals surface area contributed by atoms with Crippen molar-refractivity contribution in [1.29, 1.82) is 0 Å². The quantitative estimate of drug-likeness (QED) is 0.498. The largest absolute Gasteiger partial charge is 0.424 e. The second kappa shape index (κ2) is 6.41. The van der Waals surface area contributed by atoms with E-state index in [4.69, 9.17) is 10.5 Å². The highest BCUT2D eigenvalue weighted by Gasteiger charge is 1.98. The first kappa shape index (κ1) is 12.9. The second-order valence-electron chi connectivity index (χ2n) is 3.44. The standard InChI is InChI=1S/C12H11N5OS/c13-11(19)17-16-8-9-2-4-10(5-3-9)18-12-14-6-1-7-15-12/h1-8H,(H3,13,17,19). The molecule has 0 bridgehead atoms. The summed E-state index contributed by atoms with van der Waals surface area (Å²) in [6.07, 6.45) is 4.83. The Morgan fingerprint density at radius 2 is 1.95 bits per heavy atom. The van der Waals surface area contributed by atoms with Crippen LogP contribution in [-0.2, 0) is 0 Å². The van der Waals surface area contributed by atoms with Gasteiger partial charge in [-0.1, -0.05) is 0 Å². The van der Waals surface area contributed by atoms with Crippen LogP contribution in [0.4, 0.5) is 0 Å². The number of aromatic nitrogens is 2. The minimum absolute atomic E-state index is 0.123. The van der Waals surface area contributed by atoms with Gasteiger partial charge in [0.25, 0.3) is 0 Å². The fraction of sp³-hybridized carbons (Fsp3) is 0. The van der Waals surface area contributed by atoms with Crippen LogP contribution in [0.3, 0.4) is 0 Å². The van der Waals surface area contributed by atoms with Gasteiger partial charge < -0.3 is 10.5 Å². The van der Waals surface area contributed by atoms with Gasteiger partial charge in [-0.2, -0.15) is 5.10 Å². The Hall–Kier alpha value is -2.54. The van der Waals surface area contributed by atoms with Crippen molar-refractivity contribution in [3.8, 4) is 11.8 Å². The van der Waals surface area contributed by atoms with E-state index < -0.39 is 0 Å². The van der Waals surface area contributed by atoms with Crippen molar-refractivity contribution in [1.82, 2.24) is 15.4 Å². The highest BCUT2D eigenvalue weighted by molar-refractivity contribution is 7.80. The molecule has 0 spiro atoms. The normalized spacial score (nSPS) is 10.3. The zero-order chi connectivity index (χ0) is 13.5. The molecular weight excluding hydrogens is 262 g/mol. The lowest BCUT2D eigenvalue weighted by molar-refractivity contribution is 0.442. The molecule has 6 nitrogen and oxygen atoms in total. The molecule has 1 heterocycles. The fourth-order valence-electron chi connectivity index (χ4n) is 1.24. The number of hydrazone groups is 1. The van der Waals surface area contributed by atoms with Crippen molar-refractivity contribution in [2.24, 2.45) is 10.8 Å². The molecule has 19 heavy (non-hydrogen) atoms. The lowest BCUT2D eigenvalue weighted by Crippen LogP contribution is -2.23. The highest BCUT2D eigenvalue weighted by atomic mass is 32.1. The zero-order valence-electron chi connectivity index (χ0n) is 9.85. The van der Waals surface area contributed by atoms with Crippen molar-refractivity contribution < 1.29 is 4.74 Å². The van der Waals surface area contributed by atoms with Gasteiger partial charge in [-0.05, 0) is 48.1 Å². The van der Waals surface area contributed by atoms with Gasteiger partial charge in [0.05, 0.1) is 6.21 Å². The Morgan fingerprint density at radius 3 is 2.58 bits per heavy atom. The molecule has 1 aromatic carbocycles. The lowest BCUT2D eigenvalue weighted by atomic mass is 10.2. The average Bonchev–Trinajstić information content (AvgIpc) is 2.42. The first-order valence-electron chi connectivity index (χ1n) is 5.37. The van der Waals surface area contributed by atoms with E-state index >= 15 is 0 Å². The molecule has 0 radical (unpaired) electrons. The third kappa shape index (κ3) is 4.32. The second-order valence-corrected chi connectivity index (χ2v) is 3.88. The van der Waals surface area contributed by atoms with Crippen LogP contribution in [-0.4, -0.2) is 21.3 Å². The van der Waals surface area contributed by atoms with Crippen molar-refractivity contribution >= 4 is 23.5 Å². The van der Waals surface area contributed by atoms with Crippen molar-refractivity contribution in [3.05, 3.63) is 48.3 Å². The summed E-state index contributed by atoms with van der Waals surface area (Å²) >= 11 is 4.62. The topological polar surface area (TPSA) is 85.4 Å². The van der Waals surface area contributed by atoms with Crippen LogP contribution < -0.4 is 15.9 Å².